The zero-order valence-electron chi connectivity index (χ0n) is 14.7. The molecule has 3 heterocycles. The predicted molar refractivity (Wildman–Crippen MR) is 93.6 cm³/mol. The van der Waals surface area contributed by atoms with Crippen molar-refractivity contribution < 1.29 is 14.3 Å². The van der Waals surface area contributed by atoms with Gasteiger partial charge in [0.05, 0.1) is 0 Å². The fourth-order valence-corrected chi connectivity index (χ4v) is 3.55. The topological polar surface area (TPSA) is 71.5 Å². The average Bonchev–Trinajstić information content (AvgIpc) is 3.20. The Kier molecular flexibility index (Phi) is 6.39. The first-order chi connectivity index (χ1) is 12.2. The third kappa shape index (κ3) is 5.26. The summed E-state index contributed by atoms with van der Waals surface area (Å²) in [6.07, 6.45) is 8.52. The van der Waals surface area contributed by atoms with Crippen LogP contribution in [0.25, 0.3) is 0 Å². The molecule has 0 radical (unpaired) electrons. The number of pyridine rings is 1. The molecule has 3 rings (SSSR count). The number of hydrogen-bond acceptors (Lipinski definition) is 4. The Hall–Kier alpha value is -1.95. The van der Waals surface area contributed by atoms with E-state index < -0.39 is 0 Å². The smallest absolute Gasteiger partial charge is 0.251 e. The fourth-order valence-electron chi connectivity index (χ4n) is 3.55. The second-order valence-electron chi connectivity index (χ2n) is 6.95. The molecule has 1 N–H and O–H groups in total. The highest BCUT2D eigenvalue weighted by Crippen LogP contribution is 2.24. The molecule has 2 amide bonds. The number of amides is 2. The van der Waals surface area contributed by atoms with E-state index in [1.54, 1.807) is 12.4 Å². The molecule has 0 aromatic carbocycles. The third-order valence-corrected chi connectivity index (χ3v) is 5.12. The van der Waals surface area contributed by atoms with Gasteiger partial charge in [-0.3, -0.25) is 14.6 Å². The summed E-state index contributed by atoms with van der Waals surface area (Å²) in [5, 5.41) is 2.94. The molecule has 25 heavy (non-hydrogen) atoms. The van der Waals surface area contributed by atoms with Crippen LogP contribution in [0.1, 0.15) is 44.1 Å². The van der Waals surface area contributed by atoms with Crippen molar-refractivity contribution in [3.05, 3.63) is 30.1 Å². The SMILES string of the molecule is O=C(CCC1CCN(C(=O)[C@@H]2CCCO2)CC1)NCc1cccnc1. The average molecular weight is 345 g/mol. The molecule has 0 unspecified atom stereocenters. The molecule has 6 nitrogen and oxygen atoms in total. The Morgan fingerprint density at radius 3 is 2.80 bits per heavy atom. The number of nitrogens with one attached hydrogen (secondary N) is 1. The van der Waals surface area contributed by atoms with Crippen molar-refractivity contribution in [1.29, 1.82) is 0 Å². The van der Waals surface area contributed by atoms with Crippen molar-refractivity contribution in [2.75, 3.05) is 19.7 Å². The maximum Gasteiger partial charge on any atom is 0.251 e. The minimum Gasteiger partial charge on any atom is -0.368 e. The molecule has 6 heteroatoms. The highest BCUT2D eigenvalue weighted by molar-refractivity contribution is 5.81. The lowest BCUT2D eigenvalue weighted by atomic mass is 9.91. The molecule has 1 atom stereocenters. The third-order valence-electron chi connectivity index (χ3n) is 5.12. The van der Waals surface area contributed by atoms with Crippen molar-refractivity contribution in [1.82, 2.24) is 15.2 Å². The van der Waals surface area contributed by atoms with Gasteiger partial charge in [-0.15, -0.1) is 0 Å². The molecule has 1 aromatic rings. The Balaban J connectivity index is 1.32. The lowest BCUT2D eigenvalue weighted by Gasteiger charge is -2.33. The van der Waals surface area contributed by atoms with Gasteiger partial charge >= 0.3 is 0 Å². The molecule has 2 aliphatic heterocycles. The summed E-state index contributed by atoms with van der Waals surface area (Å²) in [4.78, 5) is 30.3. The first kappa shape index (κ1) is 17.9. The summed E-state index contributed by atoms with van der Waals surface area (Å²) < 4.78 is 5.49. The largest absolute Gasteiger partial charge is 0.368 e. The molecule has 2 fully saturated rings. The van der Waals surface area contributed by atoms with E-state index in [-0.39, 0.29) is 17.9 Å². The monoisotopic (exact) mass is 345 g/mol. The van der Waals surface area contributed by atoms with E-state index in [2.05, 4.69) is 10.3 Å². The Labute approximate surface area is 148 Å². The van der Waals surface area contributed by atoms with Gasteiger partial charge in [0, 0.05) is 45.1 Å². The van der Waals surface area contributed by atoms with Crippen molar-refractivity contribution in [3.63, 3.8) is 0 Å². The number of nitrogens with zero attached hydrogens (tertiary/aromatic N) is 2. The normalized spacial score (nSPS) is 21.3. The first-order valence-corrected chi connectivity index (χ1v) is 9.28. The van der Waals surface area contributed by atoms with Crippen molar-refractivity contribution in [3.8, 4) is 0 Å². The molecular formula is C19H27N3O3. The van der Waals surface area contributed by atoms with E-state index in [1.807, 2.05) is 17.0 Å². The van der Waals surface area contributed by atoms with Crippen LogP contribution in [0.5, 0.6) is 0 Å². The second kappa shape index (κ2) is 8.94. The number of carbonyl (C=O) groups excluding carboxylic acids is 2. The molecule has 136 valence electrons. The van der Waals surface area contributed by atoms with E-state index in [4.69, 9.17) is 4.74 Å². The van der Waals surface area contributed by atoms with Crippen LogP contribution in [0.2, 0.25) is 0 Å². The van der Waals surface area contributed by atoms with Crippen LogP contribution in [-0.4, -0.2) is 47.5 Å². The quantitative estimate of drug-likeness (QED) is 0.855. The highest BCUT2D eigenvalue weighted by Gasteiger charge is 2.30. The van der Waals surface area contributed by atoms with Crippen LogP contribution in [0.15, 0.2) is 24.5 Å². The fraction of sp³-hybridized carbons (Fsp3) is 0.632. The number of hydrogen-bond donors (Lipinski definition) is 1. The number of aromatic nitrogens is 1. The van der Waals surface area contributed by atoms with Crippen LogP contribution in [0.4, 0.5) is 0 Å². The maximum atomic E-state index is 12.3. The standard InChI is InChI=1S/C19H27N3O3/c23-18(21-14-16-3-1-9-20-13-16)6-5-15-7-10-22(11-8-15)19(24)17-4-2-12-25-17/h1,3,9,13,15,17H,2,4-8,10-12,14H2,(H,21,23)/t17-/m0/s1. The molecule has 1 aromatic heterocycles. The van der Waals surface area contributed by atoms with E-state index in [1.165, 1.54) is 0 Å². The molecule has 2 saturated heterocycles. The zero-order chi connectivity index (χ0) is 17.5. The van der Waals surface area contributed by atoms with Crippen molar-refractivity contribution in [2.24, 2.45) is 5.92 Å². The van der Waals surface area contributed by atoms with Crippen molar-refractivity contribution in [2.45, 2.75) is 51.2 Å². The van der Waals surface area contributed by atoms with Crippen LogP contribution >= 0.6 is 0 Å². The van der Waals surface area contributed by atoms with Crippen LogP contribution in [-0.2, 0) is 20.9 Å². The summed E-state index contributed by atoms with van der Waals surface area (Å²) in [6, 6.07) is 3.82. The lowest BCUT2D eigenvalue weighted by molar-refractivity contribution is -0.142. The van der Waals surface area contributed by atoms with Gasteiger partial charge in [0.25, 0.3) is 5.91 Å². The number of carbonyl (C=O) groups is 2. The Morgan fingerprint density at radius 1 is 1.28 bits per heavy atom. The second-order valence-corrected chi connectivity index (χ2v) is 6.95. The summed E-state index contributed by atoms with van der Waals surface area (Å²) in [5.41, 5.74) is 1.01. The minimum absolute atomic E-state index is 0.0849. The van der Waals surface area contributed by atoms with Crippen LogP contribution < -0.4 is 5.32 Å². The summed E-state index contributed by atoms with van der Waals surface area (Å²) >= 11 is 0. The molecule has 0 bridgehead atoms. The van der Waals surface area contributed by atoms with Gasteiger partial charge in [-0.1, -0.05) is 6.07 Å². The summed E-state index contributed by atoms with van der Waals surface area (Å²) in [6.45, 7) is 2.82. The van der Waals surface area contributed by atoms with Gasteiger partial charge in [0.1, 0.15) is 6.10 Å². The van der Waals surface area contributed by atoms with E-state index in [9.17, 15) is 9.59 Å². The predicted octanol–water partition coefficient (Wildman–Crippen LogP) is 1.90. The van der Waals surface area contributed by atoms with E-state index in [0.717, 1.165) is 50.8 Å². The maximum absolute atomic E-state index is 12.3. The van der Waals surface area contributed by atoms with Gasteiger partial charge in [-0.2, -0.15) is 0 Å². The van der Waals surface area contributed by atoms with Crippen molar-refractivity contribution >= 4 is 11.8 Å². The van der Waals surface area contributed by atoms with Gasteiger partial charge in [-0.05, 0) is 49.7 Å². The van der Waals surface area contributed by atoms with Gasteiger partial charge in [-0.25, -0.2) is 0 Å². The number of piperidine rings is 1. The highest BCUT2D eigenvalue weighted by atomic mass is 16.5. The molecule has 0 saturated carbocycles. The van der Waals surface area contributed by atoms with Crippen LogP contribution in [0, 0.1) is 5.92 Å². The van der Waals surface area contributed by atoms with Gasteiger partial charge in [0.15, 0.2) is 0 Å². The number of ether oxygens (including phenoxy) is 1. The molecule has 2 aliphatic rings. The minimum atomic E-state index is -0.213. The summed E-state index contributed by atoms with van der Waals surface area (Å²) in [5.74, 6) is 0.768. The van der Waals surface area contributed by atoms with E-state index >= 15 is 0 Å². The molecular weight excluding hydrogens is 318 g/mol. The zero-order valence-corrected chi connectivity index (χ0v) is 14.7. The van der Waals surface area contributed by atoms with Gasteiger partial charge in [0.2, 0.25) is 5.91 Å². The molecule has 0 spiro atoms. The Bertz CT molecular complexity index is 565. The van der Waals surface area contributed by atoms with E-state index in [0.29, 0.717) is 25.5 Å². The number of rotatable bonds is 6. The lowest BCUT2D eigenvalue weighted by Crippen LogP contribution is -2.43. The molecule has 0 aliphatic carbocycles. The first-order valence-electron chi connectivity index (χ1n) is 9.28. The van der Waals surface area contributed by atoms with Crippen LogP contribution in [0.3, 0.4) is 0 Å². The van der Waals surface area contributed by atoms with Gasteiger partial charge < -0.3 is 15.0 Å². The summed E-state index contributed by atoms with van der Waals surface area (Å²) in [7, 11) is 0. The Morgan fingerprint density at radius 2 is 2.12 bits per heavy atom. The number of likely N-dealkylation sites (tertiary alicyclic amines) is 1.